The largest absolute Gasteiger partial charge is 0.497 e. The van der Waals surface area contributed by atoms with Crippen molar-refractivity contribution in [2.45, 2.75) is 13.8 Å². The summed E-state index contributed by atoms with van der Waals surface area (Å²) in [6.45, 7) is 3.41. The number of hydrogen-bond acceptors (Lipinski definition) is 4. The van der Waals surface area contributed by atoms with Gasteiger partial charge in [0.2, 0.25) is 0 Å². The molecule has 0 bridgehead atoms. The van der Waals surface area contributed by atoms with Gasteiger partial charge in [-0.15, -0.1) is 0 Å². The minimum absolute atomic E-state index is 0.0927. The van der Waals surface area contributed by atoms with Gasteiger partial charge in [0, 0.05) is 0 Å². The highest BCUT2D eigenvalue weighted by molar-refractivity contribution is 5.98. The number of carbonyl (C=O) groups excluding carboxylic acids is 1. The summed E-state index contributed by atoms with van der Waals surface area (Å²) in [5.41, 5.74) is 8.17. The molecule has 2 rings (SSSR count). The van der Waals surface area contributed by atoms with E-state index >= 15 is 0 Å². The average molecular weight is 245 g/mol. The Hall–Kier alpha value is -2.30. The monoisotopic (exact) mass is 245 g/mol. The molecule has 0 spiro atoms. The summed E-state index contributed by atoms with van der Waals surface area (Å²) in [5, 5.41) is 4.15. The average Bonchev–Trinajstić information content (AvgIpc) is 2.71. The zero-order valence-electron chi connectivity index (χ0n) is 10.6. The van der Waals surface area contributed by atoms with Gasteiger partial charge >= 0.3 is 0 Å². The molecule has 0 atom stereocenters. The second-order valence-electron chi connectivity index (χ2n) is 4.06. The lowest BCUT2D eigenvalue weighted by Crippen LogP contribution is -2.06. The number of carbonyl (C=O) groups is 1. The lowest BCUT2D eigenvalue weighted by molar-refractivity contribution is 0.101. The predicted molar refractivity (Wildman–Crippen MR) is 69.3 cm³/mol. The zero-order chi connectivity index (χ0) is 13.3. The van der Waals surface area contributed by atoms with Gasteiger partial charge in [-0.25, -0.2) is 4.68 Å². The quantitative estimate of drug-likeness (QED) is 0.839. The lowest BCUT2D eigenvalue weighted by Gasteiger charge is -2.09. The van der Waals surface area contributed by atoms with E-state index in [1.54, 1.807) is 11.8 Å². The summed E-state index contributed by atoms with van der Waals surface area (Å²) in [5.74, 6) is 1.04. The van der Waals surface area contributed by atoms with Crippen LogP contribution >= 0.6 is 0 Å². The number of benzene rings is 1. The molecule has 1 aromatic carbocycles. The van der Waals surface area contributed by atoms with Crippen molar-refractivity contribution in [2.75, 3.05) is 12.8 Å². The molecule has 18 heavy (non-hydrogen) atoms. The number of aromatic nitrogens is 2. The lowest BCUT2D eigenvalue weighted by atomic mass is 10.2. The molecule has 0 radical (unpaired) electrons. The number of ether oxygens (including phenoxy) is 1. The van der Waals surface area contributed by atoms with Crippen LogP contribution in [0.25, 0.3) is 5.69 Å². The van der Waals surface area contributed by atoms with Crippen LogP contribution in [0.3, 0.4) is 0 Å². The van der Waals surface area contributed by atoms with E-state index in [0.29, 0.717) is 11.4 Å². The van der Waals surface area contributed by atoms with Gasteiger partial charge in [-0.1, -0.05) is 0 Å². The van der Waals surface area contributed by atoms with Crippen molar-refractivity contribution < 1.29 is 9.53 Å². The number of aryl methyl sites for hydroxylation is 1. The van der Waals surface area contributed by atoms with Crippen molar-refractivity contribution in [3.63, 3.8) is 0 Å². The molecular weight excluding hydrogens is 230 g/mol. The van der Waals surface area contributed by atoms with Gasteiger partial charge in [-0.2, -0.15) is 5.10 Å². The molecule has 2 aromatic rings. The van der Waals surface area contributed by atoms with E-state index in [4.69, 9.17) is 10.5 Å². The van der Waals surface area contributed by atoms with Crippen LogP contribution in [0, 0.1) is 6.92 Å². The third-order valence-electron chi connectivity index (χ3n) is 2.82. The summed E-state index contributed by atoms with van der Waals surface area (Å²) >= 11 is 0. The number of ketones is 1. The number of hydrogen-bond donors (Lipinski definition) is 1. The third-order valence-corrected chi connectivity index (χ3v) is 2.82. The molecule has 2 N–H and O–H groups in total. The number of nitrogens with two attached hydrogens (primary N) is 1. The first-order chi connectivity index (χ1) is 8.54. The van der Waals surface area contributed by atoms with Crippen molar-refractivity contribution in [1.82, 2.24) is 9.78 Å². The zero-order valence-corrected chi connectivity index (χ0v) is 10.6. The fourth-order valence-corrected chi connectivity index (χ4v) is 1.81. The maximum absolute atomic E-state index is 11.3. The number of Topliss-reactive ketones (excluding diaryl/α,β-unsaturated/α-hetero) is 1. The maximum atomic E-state index is 11.3. The van der Waals surface area contributed by atoms with E-state index in [2.05, 4.69) is 5.10 Å². The van der Waals surface area contributed by atoms with Crippen molar-refractivity contribution in [1.29, 1.82) is 0 Å². The number of nitrogen functional groups attached to an aromatic ring is 1. The Morgan fingerprint density at radius 3 is 2.67 bits per heavy atom. The maximum Gasteiger partial charge on any atom is 0.165 e. The Balaban J connectivity index is 2.52. The van der Waals surface area contributed by atoms with Crippen molar-refractivity contribution in [3.05, 3.63) is 35.5 Å². The third kappa shape index (κ3) is 1.95. The summed E-state index contributed by atoms with van der Waals surface area (Å²) in [6.07, 6.45) is 1.49. The van der Waals surface area contributed by atoms with E-state index in [1.807, 2.05) is 25.1 Å². The molecule has 0 amide bonds. The van der Waals surface area contributed by atoms with E-state index in [-0.39, 0.29) is 5.78 Å². The molecule has 0 unspecified atom stereocenters. The highest BCUT2D eigenvalue weighted by Gasteiger charge is 2.13. The van der Waals surface area contributed by atoms with E-state index in [9.17, 15) is 4.79 Å². The summed E-state index contributed by atoms with van der Waals surface area (Å²) in [6, 6.07) is 5.59. The van der Waals surface area contributed by atoms with Gasteiger partial charge in [0.1, 0.15) is 11.6 Å². The number of nitrogens with zero attached hydrogens (tertiary/aromatic N) is 2. The first-order valence-electron chi connectivity index (χ1n) is 5.54. The predicted octanol–water partition coefficient (Wildman–Crippen LogP) is 1.97. The van der Waals surface area contributed by atoms with Gasteiger partial charge in [0.05, 0.1) is 24.6 Å². The highest BCUT2D eigenvalue weighted by Crippen LogP contribution is 2.23. The molecule has 1 aromatic heterocycles. The molecule has 0 saturated heterocycles. The minimum Gasteiger partial charge on any atom is -0.497 e. The summed E-state index contributed by atoms with van der Waals surface area (Å²) < 4.78 is 6.71. The first-order valence-corrected chi connectivity index (χ1v) is 5.54. The Labute approximate surface area is 105 Å². The van der Waals surface area contributed by atoms with Crippen molar-refractivity contribution in [3.8, 4) is 11.4 Å². The van der Waals surface area contributed by atoms with Crippen LogP contribution in [0.15, 0.2) is 24.4 Å². The standard InChI is InChI=1S/C13H15N3O2/c1-8-6-10(18-3)4-5-12(8)16-13(14)11(7-15-16)9(2)17/h4-7H,14H2,1-3H3. The van der Waals surface area contributed by atoms with Crippen LogP contribution in [0.2, 0.25) is 0 Å². The Morgan fingerprint density at radius 2 is 2.17 bits per heavy atom. The van der Waals surface area contributed by atoms with Gasteiger partial charge in [-0.05, 0) is 37.6 Å². The fourth-order valence-electron chi connectivity index (χ4n) is 1.81. The molecule has 0 aliphatic heterocycles. The van der Waals surface area contributed by atoms with Gasteiger partial charge in [-0.3, -0.25) is 4.79 Å². The molecule has 0 aliphatic rings. The first kappa shape index (κ1) is 12.2. The Kier molecular flexibility index (Phi) is 3.06. The van der Waals surface area contributed by atoms with Crippen LogP contribution in [0.1, 0.15) is 22.8 Å². The van der Waals surface area contributed by atoms with Crippen molar-refractivity contribution in [2.24, 2.45) is 0 Å². The molecule has 5 nitrogen and oxygen atoms in total. The summed E-state index contributed by atoms with van der Waals surface area (Å²) in [4.78, 5) is 11.3. The van der Waals surface area contributed by atoms with E-state index < -0.39 is 0 Å². The Morgan fingerprint density at radius 1 is 1.44 bits per heavy atom. The Bertz CT molecular complexity index is 602. The van der Waals surface area contributed by atoms with Crippen molar-refractivity contribution >= 4 is 11.6 Å². The minimum atomic E-state index is -0.0927. The van der Waals surface area contributed by atoms with E-state index in [1.165, 1.54) is 13.1 Å². The van der Waals surface area contributed by atoms with Crippen LogP contribution in [0.4, 0.5) is 5.82 Å². The number of rotatable bonds is 3. The smallest absolute Gasteiger partial charge is 0.165 e. The number of methoxy groups -OCH3 is 1. The van der Waals surface area contributed by atoms with Crippen LogP contribution in [-0.2, 0) is 0 Å². The number of anilines is 1. The van der Waals surface area contributed by atoms with Crippen LogP contribution in [0.5, 0.6) is 5.75 Å². The second kappa shape index (κ2) is 4.52. The highest BCUT2D eigenvalue weighted by atomic mass is 16.5. The topological polar surface area (TPSA) is 70.1 Å². The second-order valence-corrected chi connectivity index (χ2v) is 4.06. The van der Waals surface area contributed by atoms with Gasteiger partial charge in [0.25, 0.3) is 0 Å². The molecule has 0 fully saturated rings. The van der Waals surface area contributed by atoms with Gasteiger partial charge in [0.15, 0.2) is 5.78 Å². The van der Waals surface area contributed by atoms with Crippen LogP contribution < -0.4 is 10.5 Å². The molecule has 94 valence electrons. The van der Waals surface area contributed by atoms with Gasteiger partial charge < -0.3 is 10.5 Å². The van der Waals surface area contributed by atoms with Crippen LogP contribution in [-0.4, -0.2) is 22.7 Å². The SMILES string of the molecule is COc1ccc(-n2ncc(C(C)=O)c2N)c(C)c1. The van der Waals surface area contributed by atoms with E-state index in [0.717, 1.165) is 17.0 Å². The normalized spacial score (nSPS) is 10.4. The fraction of sp³-hybridized carbons (Fsp3) is 0.231. The molecule has 5 heteroatoms. The molecule has 0 aliphatic carbocycles. The molecule has 1 heterocycles. The molecular formula is C13H15N3O2. The summed E-state index contributed by atoms with van der Waals surface area (Å²) in [7, 11) is 1.62. The molecule has 0 saturated carbocycles.